The van der Waals surface area contributed by atoms with Gasteiger partial charge in [0, 0.05) is 24.6 Å². The fourth-order valence-corrected chi connectivity index (χ4v) is 3.33. The van der Waals surface area contributed by atoms with E-state index in [4.69, 9.17) is 10.5 Å². The van der Waals surface area contributed by atoms with Crippen molar-refractivity contribution in [3.63, 3.8) is 0 Å². The molecule has 0 spiro atoms. The van der Waals surface area contributed by atoms with Crippen LogP contribution in [-0.2, 0) is 25.4 Å². The number of benzene rings is 1. The molecule has 1 aromatic carbocycles. The van der Waals surface area contributed by atoms with E-state index in [2.05, 4.69) is 28.0 Å². The summed E-state index contributed by atoms with van der Waals surface area (Å²) in [5.74, 6) is 0.816. The maximum absolute atomic E-state index is 6.59. The standard InChI is InChI=1S/C16H22BrN3O/c1-5-12-15(17)13(20(3)19-12)10-16(2,18)11-8-6-7-9-14(11)21-4/h6-9H,5,10,18H2,1-4H3. The van der Waals surface area contributed by atoms with Gasteiger partial charge in [0.2, 0.25) is 0 Å². The van der Waals surface area contributed by atoms with Gasteiger partial charge >= 0.3 is 0 Å². The molecule has 0 radical (unpaired) electrons. The highest BCUT2D eigenvalue weighted by Gasteiger charge is 2.28. The quantitative estimate of drug-likeness (QED) is 0.899. The molecule has 0 fully saturated rings. The predicted molar refractivity (Wildman–Crippen MR) is 88.5 cm³/mol. The fourth-order valence-electron chi connectivity index (χ4n) is 2.57. The molecule has 21 heavy (non-hydrogen) atoms. The van der Waals surface area contributed by atoms with Crippen LogP contribution in [0.5, 0.6) is 5.75 Å². The molecule has 1 unspecified atom stereocenters. The number of nitrogens with zero attached hydrogens (tertiary/aromatic N) is 2. The molecule has 0 bridgehead atoms. The minimum atomic E-state index is -0.534. The molecule has 0 aliphatic rings. The van der Waals surface area contributed by atoms with Crippen molar-refractivity contribution >= 4 is 15.9 Å². The van der Waals surface area contributed by atoms with Crippen LogP contribution in [0, 0.1) is 0 Å². The molecule has 2 aromatic rings. The Kier molecular flexibility index (Phi) is 4.74. The maximum Gasteiger partial charge on any atom is 0.123 e. The summed E-state index contributed by atoms with van der Waals surface area (Å²) in [7, 11) is 3.63. The molecular formula is C16H22BrN3O. The summed E-state index contributed by atoms with van der Waals surface area (Å²) in [6.45, 7) is 4.12. The topological polar surface area (TPSA) is 53.1 Å². The van der Waals surface area contributed by atoms with Gasteiger partial charge in [0.1, 0.15) is 5.75 Å². The zero-order valence-corrected chi connectivity index (χ0v) is 14.6. The number of aryl methyl sites for hydroxylation is 2. The van der Waals surface area contributed by atoms with Gasteiger partial charge < -0.3 is 10.5 Å². The Morgan fingerprint density at radius 2 is 2.05 bits per heavy atom. The molecule has 5 heteroatoms. The van der Waals surface area contributed by atoms with Crippen molar-refractivity contribution in [1.29, 1.82) is 0 Å². The van der Waals surface area contributed by atoms with Crippen LogP contribution >= 0.6 is 15.9 Å². The van der Waals surface area contributed by atoms with E-state index in [1.54, 1.807) is 7.11 Å². The van der Waals surface area contributed by atoms with Crippen molar-refractivity contribution in [1.82, 2.24) is 9.78 Å². The minimum Gasteiger partial charge on any atom is -0.496 e. The third kappa shape index (κ3) is 3.14. The van der Waals surface area contributed by atoms with Gasteiger partial charge in [-0.1, -0.05) is 25.1 Å². The van der Waals surface area contributed by atoms with Crippen LogP contribution in [0.3, 0.4) is 0 Å². The Morgan fingerprint density at radius 3 is 2.62 bits per heavy atom. The van der Waals surface area contributed by atoms with Gasteiger partial charge in [0.05, 0.1) is 23.0 Å². The van der Waals surface area contributed by atoms with E-state index in [0.29, 0.717) is 6.42 Å². The Morgan fingerprint density at radius 1 is 1.38 bits per heavy atom. The number of ether oxygens (including phenoxy) is 1. The molecule has 1 heterocycles. The van der Waals surface area contributed by atoms with Crippen LogP contribution in [0.1, 0.15) is 30.8 Å². The average Bonchev–Trinajstić information content (AvgIpc) is 2.74. The SMILES string of the molecule is CCc1nn(C)c(CC(C)(N)c2ccccc2OC)c1Br. The van der Waals surface area contributed by atoms with Gasteiger partial charge in [-0.25, -0.2) is 0 Å². The van der Waals surface area contributed by atoms with Crippen molar-refractivity contribution in [3.05, 3.63) is 45.7 Å². The number of rotatable bonds is 5. The zero-order chi connectivity index (χ0) is 15.6. The molecule has 0 amide bonds. The third-order valence-electron chi connectivity index (χ3n) is 3.76. The van der Waals surface area contributed by atoms with Crippen LogP contribution in [-0.4, -0.2) is 16.9 Å². The second-order valence-corrected chi connectivity index (χ2v) is 6.27. The third-order valence-corrected chi connectivity index (χ3v) is 4.68. The van der Waals surface area contributed by atoms with Gasteiger partial charge in [0.25, 0.3) is 0 Å². The van der Waals surface area contributed by atoms with Crippen molar-refractivity contribution in [2.24, 2.45) is 12.8 Å². The summed E-state index contributed by atoms with van der Waals surface area (Å²) in [5.41, 5.74) is 9.22. The number of aromatic nitrogens is 2. The molecule has 4 nitrogen and oxygen atoms in total. The Labute approximate surface area is 134 Å². The van der Waals surface area contributed by atoms with E-state index in [0.717, 1.165) is 33.6 Å². The smallest absolute Gasteiger partial charge is 0.123 e. The Bertz CT molecular complexity index is 634. The molecule has 1 aromatic heterocycles. The van der Waals surface area contributed by atoms with Crippen molar-refractivity contribution in [3.8, 4) is 5.75 Å². The lowest BCUT2D eigenvalue weighted by Gasteiger charge is -2.27. The molecule has 0 saturated heterocycles. The van der Waals surface area contributed by atoms with E-state index in [-0.39, 0.29) is 0 Å². The van der Waals surface area contributed by atoms with E-state index < -0.39 is 5.54 Å². The minimum absolute atomic E-state index is 0.534. The number of halogens is 1. The second kappa shape index (κ2) is 6.20. The van der Waals surface area contributed by atoms with Gasteiger partial charge in [-0.05, 0) is 35.3 Å². The largest absolute Gasteiger partial charge is 0.496 e. The summed E-state index contributed by atoms with van der Waals surface area (Å²) >= 11 is 3.65. The number of hydrogen-bond donors (Lipinski definition) is 1. The Hall–Kier alpha value is -1.33. The lowest BCUT2D eigenvalue weighted by atomic mass is 9.87. The number of nitrogens with two attached hydrogens (primary N) is 1. The van der Waals surface area contributed by atoms with Gasteiger partial charge in [-0.15, -0.1) is 0 Å². The highest BCUT2D eigenvalue weighted by molar-refractivity contribution is 9.10. The molecule has 0 aliphatic carbocycles. The van der Waals surface area contributed by atoms with Crippen molar-refractivity contribution in [2.75, 3.05) is 7.11 Å². The van der Waals surface area contributed by atoms with E-state index >= 15 is 0 Å². The van der Waals surface area contributed by atoms with E-state index in [1.807, 2.05) is 42.9 Å². The average molecular weight is 352 g/mol. The van der Waals surface area contributed by atoms with Crippen LogP contribution in [0.15, 0.2) is 28.7 Å². The molecular weight excluding hydrogens is 330 g/mol. The van der Waals surface area contributed by atoms with Crippen LogP contribution in [0.25, 0.3) is 0 Å². The first-order valence-electron chi connectivity index (χ1n) is 7.03. The normalized spacial score (nSPS) is 14.0. The van der Waals surface area contributed by atoms with Crippen molar-refractivity contribution < 1.29 is 4.74 Å². The molecule has 1 atom stereocenters. The molecule has 114 valence electrons. The van der Waals surface area contributed by atoms with Crippen LogP contribution in [0.2, 0.25) is 0 Å². The molecule has 2 rings (SSSR count). The monoisotopic (exact) mass is 351 g/mol. The molecule has 0 aliphatic heterocycles. The van der Waals surface area contributed by atoms with E-state index in [1.165, 1.54) is 0 Å². The zero-order valence-electron chi connectivity index (χ0n) is 13.0. The van der Waals surface area contributed by atoms with Crippen LogP contribution in [0.4, 0.5) is 0 Å². The number of hydrogen-bond acceptors (Lipinski definition) is 3. The maximum atomic E-state index is 6.59. The Balaban J connectivity index is 2.40. The predicted octanol–water partition coefficient (Wildman–Crippen LogP) is 3.17. The summed E-state index contributed by atoms with van der Waals surface area (Å²) in [6, 6.07) is 7.90. The summed E-state index contributed by atoms with van der Waals surface area (Å²) in [5, 5.41) is 4.53. The lowest BCUT2D eigenvalue weighted by Crippen LogP contribution is -2.36. The fraction of sp³-hybridized carbons (Fsp3) is 0.438. The lowest BCUT2D eigenvalue weighted by molar-refractivity contribution is 0.383. The highest BCUT2D eigenvalue weighted by atomic mass is 79.9. The first-order valence-corrected chi connectivity index (χ1v) is 7.82. The summed E-state index contributed by atoms with van der Waals surface area (Å²) in [4.78, 5) is 0. The summed E-state index contributed by atoms with van der Waals surface area (Å²) in [6.07, 6.45) is 1.57. The summed E-state index contributed by atoms with van der Waals surface area (Å²) < 4.78 is 8.40. The number of methoxy groups -OCH3 is 1. The first kappa shape index (κ1) is 16.0. The first-order chi connectivity index (χ1) is 9.90. The second-order valence-electron chi connectivity index (χ2n) is 5.48. The van der Waals surface area contributed by atoms with Gasteiger partial charge in [-0.2, -0.15) is 5.10 Å². The van der Waals surface area contributed by atoms with Crippen molar-refractivity contribution in [2.45, 2.75) is 32.2 Å². The van der Waals surface area contributed by atoms with E-state index in [9.17, 15) is 0 Å². The molecule has 2 N–H and O–H groups in total. The van der Waals surface area contributed by atoms with Gasteiger partial charge in [0.15, 0.2) is 0 Å². The van der Waals surface area contributed by atoms with Gasteiger partial charge in [-0.3, -0.25) is 4.68 Å². The highest BCUT2D eigenvalue weighted by Crippen LogP contribution is 2.33. The molecule has 0 saturated carbocycles. The van der Waals surface area contributed by atoms with Crippen LogP contribution < -0.4 is 10.5 Å². The number of para-hydroxylation sites is 1.